The van der Waals surface area contributed by atoms with Crippen molar-refractivity contribution in [1.29, 1.82) is 0 Å². The lowest BCUT2D eigenvalue weighted by Crippen LogP contribution is -2.43. The number of hydrogen-bond acceptors (Lipinski definition) is 1. The first-order chi connectivity index (χ1) is 8.09. The molecule has 0 spiro atoms. The van der Waals surface area contributed by atoms with Crippen LogP contribution in [0.4, 0.5) is 0 Å². The average Bonchev–Trinajstić information content (AvgIpc) is 2.34. The second kappa shape index (κ2) is 4.48. The molecular weight excluding hydrogens is 208 g/mol. The van der Waals surface area contributed by atoms with Gasteiger partial charge in [-0.15, -0.1) is 6.58 Å². The van der Waals surface area contributed by atoms with Crippen LogP contribution in [0, 0.1) is 11.8 Å². The largest absolute Gasteiger partial charge is 0.300 e. The van der Waals surface area contributed by atoms with E-state index in [-0.39, 0.29) is 11.3 Å². The quantitative estimate of drug-likeness (QED) is 0.705. The van der Waals surface area contributed by atoms with Crippen molar-refractivity contribution in [1.82, 2.24) is 0 Å². The van der Waals surface area contributed by atoms with E-state index in [1.54, 1.807) is 0 Å². The maximum absolute atomic E-state index is 11.7. The van der Waals surface area contributed by atoms with Crippen LogP contribution >= 0.6 is 0 Å². The molecule has 0 aromatic heterocycles. The number of hydrogen-bond donors (Lipinski definition) is 0. The number of ketones is 1. The minimum Gasteiger partial charge on any atom is -0.300 e. The van der Waals surface area contributed by atoms with E-state index in [2.05, 4.69) is 44.7 Å². The zero-order chi connectivity index (χ0) is 12.5. The SMILES string of the molecule is C=C[C@@H]1CC(=O)C[C@@H](C)[C@]1(C)c1ccccc1. The number of allylic oxidation sites excluding steroid dienone is 1. The number of benzene rings is 1. The van der Waals surface area contributed by atoms with Gasteiger partial charge in [0, 0.05) is 18.3 Å². The summed E-state index contributed by atoms with van der Waals surface area (Å²) in [4.78, 5) is 11.7. The highest BCUT2D eigenvalue weighted by molar-refractivity contribution is 5.80. The van der Waals surface area contributed by atoms with E-state index >= 15 is 0 Å². The third kappa shape index (κ3) is 1.95. The standard InChI is InChI=1S/C16H20O/c1-4-13-11-15(17)10-12(2)16(13,3)14-8-6-5-7-9-14/h4-9,12-13H,1,10-11H2,2-3H3/t12-,13-,16+/m1/s1. The van der Waals surface area contributed by atoms with Gasteiger partial charge in [-0.1, -0.05) is 50.3 Å². The summed E-state index contributed by atoms with van der Waals surface area (Å²) in [5, 5.41) is 0. The van der Waals surface area contributed by atoms with Crippen molar-refractivity contribution in [2.24, 2.45) is 11.8 Å². The van der Waals surface area contributed by atoms with Gasteiger partial charge < -0.3 is 0 Å². The Balaban J connectivity index is 2.45. The number of rotatable bonds is 2. The molecule has 0 saturated heterocycles. The number of carbonyl (C=O) groups excluding carboxylic acids is 1. The molecular formula is C16H20O. The van der Waals surface area contributed by atoms with Crippen LogP contribution in [0.3, 0.4) is 0 Å². The van der Waals surface area contributed by atoms with Gasteiger partial charge in [0.05, 0.1) is 0 Å². The van der Waals surface area contributed by atoms with E-state index in [4.69, 9.17) is 0 Å². The predicted octanol–water partition coefficient (Wildman–Crippen LogP) is 3.75. The predicted molar refractivity (Wildman–Crippen MR) is 70.9 cm³/mol. The minimum atomic E-state index is 0.0386. The highest BCUT2D eigenvalue weighted by Gasteiger charge is 2.44. The molecule has 2 rings (SSSR count). The third-order valence-electron chi connectivity index (χ3n) is 4.46. The second-order valence-electron chi connectivity index (χ2n) is 5.34. The van der Waals surface area contributed by atoms with Crippen molar-refractivity contribution >= 4 is 5.78 Å². The van der Waals surface area contributed by atoms with E-state index in [1.165, 1.54) is 5.56 Å². The number of carbonyl (C=O) groups is 1. The van der Waals surface area contributed by atoms with E-state index in [9.17, 15) is 4.79 Å². The zero-order valence-corrected chi connectivity index (χ0v) is 10.6. The summed E-state index contributed by atoms with van der Waals surface area (Å²) in [5.41, 5.74) is 1.36. The normalized spacial score (nSPS) is 33.4. The molecule has 1 fully saturated rings. The van der Waals surface area contributed by atoms with Crippen LogP contribution in [-0.2, 0) is 10.2 Å². The van der Waals surface area contributed by atoms with Gasteiger partial charge in [0.2, 0.25) is 0 Å². The summed E-state index contributed by atoms with van der Waals surface area (Å²) < 4.78 is 0. The van der Waals surface area contributed by atoms with Crippen molar-refractivity contribution < 1.29 is 4.79 Å². The molecule has 1 nitrogen and oxygen atoms in total. The Morgan fingerprint density at radius 1 is 1.29 bits per heavy atom. The highest BCUT2D eigenvalue weighted by atomic mass is 16.1. The average molecular weight is 228 g/mol. The first-order valence-corrected chi connectivity index (χ1v) is 6.28. The van der Waals surface area contributed by atoms with Gasteiger partial charge in [0.15, 0.2) is 0 Å². The van der Waals surface area contributed by atoms with Gasteiger partial charge in [-0.3, -0.25) is 4.79 Å². The highest BCUT2D eigenvalue weighted by Crippen LogP contribution is 2.46. The lowest BCUT2D eigenvalue weighted by atomic mass is 9.58. The van der Waals surface area contributed by atoms with Gasteiger partial charge in [0.1, 0.15) is 5.78 Å². The molecule has 0 heterocycles. The summed E-state index contributed by atoms with van der Waals surface area (Å²) in [6.07, 6.45) is 3.29. The fourth-order valence-electron chi connectivity index (χ4n) is 3.08. The molecule has 1 saturated carbocycles. The first-order valence-electron chi connectivity index (χ1n) is 6.28. The molecule has 90 valence electrons. The monoisotopic (exact) mass is 228 g/mol. The summed E-state index contributed by atoms with van der Waals surface area (Å²) in [6, 6.07) is 10.5. The van der Waals surface area contributed by atoms with E-state index in [0.29, 0.717) is 24.5 Å². The van der Waals surface area contributed by atoms with Crippen molar-refractivity contribution in [3.63, 3.8) is 0 Å². The van der Waals surface area contributed by atoms with E-state index < -0.39 is 0 Å². The minimum absolute atomic E-state index is 0.0386. The van der Waals surface area contributed by atoms with Crippen LogP contribution in [0.15, 0.2) is 43.0 Å². The Morgan fingerprint density at radius 3 is 2.53 bits per heavy atom. The maximum atomic E-state index is 11.7. The van der Waals surface area contributed by atoms with E-state index in [0.717, 1.165) is 0 Å². The van der Waals surface area contributed by atoms with Gasteiger partial charge in [0.25, 0.3) is 0 Å². The fraction of sp³-hybridized carbons (Fsp3) is 0.438. The Labute approximate surface area is 104 Å². The van der Waals surface area contributed by atoms with Crippen molar-refractivity contribution in [2.45, 2.75) is 32.1 Å². The van der Waals surface area contributed by atoms with Crippen molar-refractivity contribution in [3.05, 3.63) is 48.6 Å². The molecule has 1 aromatic carbocycles. The van der Waals surface area contributed by atoms with Crippen LogP contribution in [0.2, 0.25) is 0 Å². The molecule has 1 aromatic rings. The second-order valence-corrected chi connectivity index (χ2v) is 5.34. The summed E-state index contributed by atoms with van der Waals surface area (Å²) >= 11 is 0. The Morgan fingerprint density at radius 2 is 1.94 bits per heavy atom. The molecule has 1 aliphatic rings. The molecule has 0 N–H and O–H groups in total. The van der Waals surface area contributed by atoms with Crippen LogP contribution in [0.25, 0.3) is 0 Å². The Hall–Kier alpha value is -1.37. The topological polar surface area (TPSA) is 17.1 Å². The third-order valence-corrected chi connectivity index (χ3v) is 4.46. The summed E-state index contributed by atoms with van der Waals surface area (Å²) in [6.45, 7) is 8.37. The van der Waals surface area contributed by atoms with Crippen molar-refractivity contribution in [2.75, 3.05) is 0 Å². The molecule has 0 radical (unpaired) electrons. The number of Topliss-reactive ketones (excluding diaryl/α,β-unsaturated/α-hetero) is 1. The van der Waals surface area contributed by atoms with Crippen molar-refractivity contribution in [3.8, 4) is 0 Å². The molecule has 3 atom stereocenters. The molecule has 17 heavy (non-hydrogen) atoms. The Kier molecular flexibility index (Phi) is 3.19. The van der Waals surface area contributed by atoms with Crippen LogP contribution < -0.4 is 0 Å². The smallest absolute Gasteiger partial charge is 0.133 e. The summed E-state index contributed by atoms with van der Waals surface area (Å²) in [5.74, 6) is 0.992. The maximum Gasteiger partial charge on any atom is 0.133 e. The molecule has 0 unspecified atom stereocenters. The van der Waals surface area contributed by atoms with E-state index in [1.807, 2.05) is 12.1 Å². The van der Waals surface area contributed by atoms with Gasteiger partial charge in [-0.05, 0) is 17.4 Å². The van der Waals surface area contributed by atoms with Crippen LogP contribution in [0.5, 0.6) is 0 Å². The van der Waals surface area contributed by atoms with Crippen LogP contribution in [-0.4, -0.2) is 5.78 Å². The van der Waals surface area contributed by atoms with Gasteiger partial charge >= 0.3 is 0 Å². The molecule has 0 amide bonds. The molecule has 0 aliphatic heterocycles. The summed E-state index contributed by atoms with van der Waals surface area (Å²) in [7, 11) is 0. The van der Waals surface area contributed by atoms with Gasteiger partial charge in [-0.2, -0.15) is 0 Å². The fourth-order valence-corrected chi connectivity index (χ4v) is 3.08. The lowest BCUT2D eigenvalue weighted by molar-refractivity contribution is -0.124. The molecule has 0 bridgehead atoms. The first kappa shape index (κ1) is 12.1. The van der Waals surface area contributed by atoms with Crippen LogP contribution in [0.1, 0.15) is 32.3 Å². The molecule has 1 aliphatic carbocycles. The zero-order valence-electron chi connectivity index (χ0n) is 10.6. The molecule has 1 heteroatoms. The Bertz CT molecular complexity index is 420. The van der Waals surface area contributed by atoms with Gasteiger partial charge in [-0.25, -0.2) is 0 Å². The lowest BCUT2D eigenvalue weighted by Gasteiger charge is -2.45.